The second kappa shape index (κ2) is 8.11. The molecule has 162 valence electrons. The molecule has 0 radical (unpaired) electrons. The molecule has 0 aliphatic carbocycles. The van der Waals surface area contributed by atoms with Crippen LogP contribution in [0.15, 0.2) is 72.1 Å². The fourth-order valence-corrected chi connectivity index (χ4v) is 5.27. The summed E-state index contributed by atoms with van der Waals surface area (Å²) < 4.78 is 1.99. The molecule has 1 atom stereocenters. The van der Waals surface area contributed by atoms with Gasteiger partial charge >= 0.3 is 0 Å². The third-order valence-electron chi connectivity index (χ3n) is 6.07. The maximum Gasteiger partial charge on any atom is 0.271 e. The molecule has 1 N–H and O–H groups in total. The minimum absolute atomic E-state index is 0.146. The number of benzene rings is 2. The van der Waals surface area contributed by atoms with E-state index in [9.17, 15) is 9.59 Å². The lowest BCUT2D eigenvalue weighted by Gasteiger charge is -2.44. The van der Waals surface area contributed by atoms with Gasteiger partial charge in [-0.05, 0) is 47.7 Å². The number of halogens is 1. The van der Waals surface area contributed by atoms with E-state index in [1.807, 2.05) is 71.5 Å². The number of nitrogens with one attached hydrogen (secondary N) is 1. The Hall–Kier alpha value is -3.09. The molecule has 0 fully saturated rings. The summed E-state index contributed by atoms with van der Waals surface area (Å²) in [6.07, 6.45) is 0. The second-order valence-electron chi connectivity index (χ2n) is 8.26. The Kier molecular flexibility index (Phi) is 5.27. The number of carbonyl (C=O) groups is 2. The molecular weight excluding hydrogens is 442 g/mol. The highest BCUT2D eigenvalue weighted by Crippen LogP contribution is 2.35. The van der Waals surface area contributed by atoms with E-state index in [2.05, 4.69) is 5.32 Å². The van der Waals surface area contributed by atoms with Crippen LogP contribution in [-0.2, 0) is 24.4 Å². The number of aromatic nitrogens is 1. The Morgan fingerprint density at radius 1 is 1.09 bits per heavy atom. The summed E-state index contributed by atoms with van der Waals surface area (Å²) in [5, 5.41) is 6.73. The van der Waals surface area contributed by atoms with Crippen LogP contribution in [0.2, 0.25) is 5.02 Å². The van der Waals surface area contributed by atoms with Crippen molar-refractivity contribution in [2.75, 3.05) is 0 Å². The SMILES string of the molecule is C[C@]1(C(=O)NCc2ccccc2)Cn2c(cc3ccsc32)C(=O)N1Cc1ccc(Cl)cc1. The summed E-state index contributed by atoms with van der Waals surface area (Å²) in [6.45, 7) is 2.98. The van der Waals surface area contributed by atoms with E-state index >= 15 is 0 Å². The highest BCUT2D eigenvalue weighted by atomic mass is 35.5. The molecule has 0 saturated heterocycles. The van der Waals surface area contributed by atoms with Gasteiger partial charge in [-0.25, -0.2) is 0 Å². The predicted molar refractivity (Wildman–Crippen MR) is 128 cm³/mol. The third-order valence-corrected chi connectivity index (χ3v) is 7.27. The summed E-state index contributed by atoms with van der Waals surface area (Å²) in [5.74, 6) is -0.320. The van der Waals surface area contributed by atoms with Crippen LogP contribution < -0.4 is 5.32 Å². The first-order chi connectivity index (χ1) is 15.5. The van der Waals surface area contributed by atoms with Crippen molar-refractivity contribution in [3.8, 4) is 0 Å². The van der Waals surface area contributed by atoms with Gasteiger partial charge in [-0.15, -0.1) is 11.3 Å². The van der Waals surface area contributed by atoms with E-state index < -0.39 is 5.54 Å². The molecule has 1 aliphatic rings. The normalized spacial score (nSPS) is 18.1. The third kappa shape index (κ3) is 3.59. The predicted octanol–water partition coefficient (Wildman–Crippen LogP) is 5.09. The maximum atomic E-state index is 13.7. The molecule has 32 heavy (non-hydrogen) atoms. The summed E-state index contributed by atoms with van der Waals surface area (Å²) in [4.78, 5) is 29.9. The van der Waals surface area contributed by atoms with Crippen LogP contribution in [0, 0.1) is 0 Å². The van der Waals surface area contributed by atoms with Gasteiger partial charge in [0.15, 0.2) is 0 Å². The molecule has 5 rings (SSSR count). The molecule has 0 spiro atoms. The van der Waals surface area contributed by atoms with E-state index in [0.717, 1.165) is 21.3 Å². The molecule has 7 heteroatoms. The second-order valence-corrected chi connectivity index (χ2v) is 9.59. The first-order valence-corrected chi connectivity index (χ1v) is 11.7. The molecule has 1 aliphatic heterocycles. The highest BCUT2D eigenvalue weighted by Gasteiger charge is 2.47. The van der Waals surface area contributed by atoms with Crippen molar-refractivity contribution in [1.29, 1.82) is 0 Å². The standard InChI is InChI=1S/C25H22ClN3O2S/c1-25(24(31)27-14-17-5-3-2-4-6-17)16-28-21(13-19-11-12-32-23(19)28)22(30)29(25)15-18-7-9-20(26)10-8-18/h2-13H,14-16H2,1H3,(H,27,31)/t25-/m1/s1. The Bertz CT molecular complexity index is 1300. The average molecular weight is 464 g/mol. The zero-order valence-electron chi connectivity index (χ0n) is 17.5. The van der Waals surface area contributed by atoms with Gasteiger partial charge in [0, 0.05) is 23.5 Å². The lowest BCUT2D eigenvalue weighted by molar-refractivity contribution is -0.133. The van der Waals surface area contributed by atoms with Crippen LogP contribution in [-0.4, -0.2) is 26.8 Å². The zero-order chi connectivity index (χ0) is 22.3. The molecule has 5 nitrogen and oxygen atoms in total. The van der Waals surface area contributed by atoms with Crippen molar-refractivity contribution in [1.82, 2.24) is 14.8 Å². The lowest BCUT2D eigenvalue weighted by atomic mass is 9.93. The number of thiophene rings is 1. The highest BCUT2D eigenvalue weighted by molar-refractivity contribution is 7.16. The van der Waals surface area contributed by atoms with Crippen molar-refractivity contribution in [3.63, 3.8) is 0 Å². The minimum atomic E-state index is -1.05. The van der Waals surface area contributed by atoms with Crippen LogP contribution in [0.25, 0.3) is 10.2 Å². The Morgan fingerprint density at radius 3 is 2.59 bits per heavy atom. The number of carbonyl (C=O) groups excluding carboxylic acids is 2. The van der Waals surface area contributed by atoms with Crippen LogP contribution in [0.5, 0.6) is 0 Å². The van der Waals surface area contributed by atoms with Gasteiger partial charge in [0.1, 0.15) is 16.1 Å². The molecule has 2 aromatic heterocycles. The fourth-order valence-electron chi connectivity index (χ4n) is 4.25. The number of hydrogen-bond donors (Lipinski definition) is 1. The van der Waals surface area contributed by atoms with Gasteiger partial charge < -0.3 is 14.8 Å². The van der Waals surface area contributed by atoms with Gasteiger partial charge in [-0.3, -0.25) is 9.59 Å². The van der Waals surface area contributed by atoms with Gasteiger partial charge in [-0.2, -0.15) is 0 Å². The average Bonchev–Trinajstić information content (AvgIpc) is 3.39. The largest absolute Gasteiger partial charge is 0.350 e. The number of nitrogens with zero attached hydrogens (tertiary/aromatic N) is 2. The molecule has 2 aromatic carbocycles. The van der Waals surface area contributed by atoms with E-state index in [4.69, 9.17) is 11.6 Å². The summed E-state index contributed by atoms with van der Waals surface area (Å²) in [7, 11) is 0. The Balaban J connectivity index is 1.51. The quantitative estimate of drug-likeness (QED) is 0.448. The Morgan fingerprint density at radius 2 is 1.84 bits per heavy atom. The number of rotatable bonds is 5. The number of fused-ring (bicyclic) bond motifs is 3. The van der Waals surface area contributed by atoms with Crippen molar-refractivity contribution >= 4 is 45.0 Å². The van der Waals surface area contributed by atoms with Gasteiger partial charge in [0.2, 0.25) is 5.91 Å². The summed E-state index contributed by atoms with van der Waals surface area (Å²) in [5.41, 5.74) is 1.51. The number of hydrogen-bond acceptors (Lipinski definition) is 3. The molecule has 2 amide bonds. The first kappa shape index (κ1) is 20.8. The lowest BCUT2D eigenvalue weighted by Crippen LogP contribution is -2.63. The van der Waals surface area contributed by atoms with Crippen LogP contribution >= 0.6 is 22.9 Å². The van der Waals surface area contributed by atoms with Gasteiger partial charge in [-0.1, -0.05) is 54.1 Å². The fraction of sp³-hybridized carbons (Fsp3) is 0.200. The van der Waals surface area contributed by atoms with Crippen molar-refractivity contribution in [2.24, 2.45) is 0 Å². The molecule has 4 aromatic rings. The van der Waals surface area contributed by atoms with Crippen molar-refractivity contribution < 1.29 is 9.59 Å². The smallest absolute Gasteiger partial charge is 0.271 e. The van der Waals surface area contributed by atoms with Crippen molar-refractivity contribution in [2.45, 2.75) is 32.1 Å². The molecule has 0 bridgehead atoms. The van der Waals surface area contributed by atoms with Crippen molar-refractivity contribution in [3.05, 3.63) is 94.0 Å². The zero-order valence-corrected chi connectivity index (χ0v) is 19.1. The maximum absolute atomic E-state index is 13.7. The van der Waals surface area contributed by atoms with E-state index in [0.29, 0.717) is 30.4 Å². The first-order valence-electron chi connectivity index (χ1n) is 10.4. The summed E-state index contributed by atoms with van der Waals surface area (Å²) in [6, 6.07) is 21.1. The van der Waals surface area contributed by atoms with E-state index in [-0.39, 0.29) is 11.8 Å². The van der Waals surface area contributed by atoms with Gasteiger partial charge in [0.05, 0.1) is 6.54 Å². The Labute approximate surface area is 195 Å². The molecular formula is C25H22ClN3O2S. The minimum Gasteiger partial charge on any atom is -0.350 e. The van der Waals surface area contributed by atoms with Crippen LogP contribution in [0.1, 0.15) is 28.5 Å². The van der Waals surface area contributed by atoms with E-state index in [1.165, 1.54) is 0 Å². The van der Waals surface area contributed by atoms with Crippen LogP contribution in [0.3, 0.4) is 0 Å². The van der Waals surface area contributed by atoms with Crippen LogP contribution in [0.4, 0.5) is 0 Å². The van der Waals surface area contributed by atoms with Gasteiger partial charge in [0.25, 0.3) is 5.91 Å². The number of amides is 2. The summed E-state index contributed by atoms with van der Waals surface area (Å²) >= 11 is 7.63. The topological polar surface area (TPSA) is 54.3 Å². The monoisotopic (exact) mass is 463 g/mol. The van der Waals surface area contributed by atoms with E-state index in [1.54, 1.807) is 28.4 Å². The molecule has 3 heterocycles. The molecule has 0 unspecified atom stereocenters. The molecule has 0 saturated carbocycles.